The number of amides is 1. The largest absolute Gasteiger partial charge is 0.416 e. The van der Waals surface area contributed by atoms with Crippen molar-refractivity contribution >= 4 is 15.9 Å². The van der Waals surface area contributed by atoms with E-state index >= 15 is 0 Å². The molecule has 0 spiro atoms. The summed E-state index contributed by atoms with van der Waals surface area (Å²) in [7, 11) is -4.15. The molecule has 2 aliphatic rings. The number of sulfonamides is 1. The van der Waals surface area contributed by atoms with Gasteiger partial charge in [-0.15, -0.1) is 0 Å². The van der Waals surface area contributed by atoms with Gasteiger partial charge in [-0.05, 0) is 75.1 Å². The smallest absolute Gasteiger partial charge is 0.340 e. The van der Waals surface area contributed by atoms with E-state index < -0.39 is 27.8 Å². The second kappa shape index (κ2) is 11.8. The Hall–Kier alpha value is -1.65. The van der Waals surface area contributed by atoms with Gasteiger partial charge < -0.3 is 10.2 Å². The van der Waals surface area contributed by atoms with E-state index in [1.165, 1.54) is 10.4 Å². The fourth-order valence-electron chi connectivity index (χ4n) is 4.85. The fourth-order valence-corrected chi connectivity index (χ4v) is 6.78. The van der Waals surface area contributed by atoms with Crippen LogP contribution in [0.2, 0.25) is 0 Å². The van der Waals surface area contributed by atoms with E-state index in [2.05, 4.69) is 33.0 Å². The molecule has 1 saturated heterocycles. The van der Waals surface area contributed by atoms with Crippen LogP contribution in [0.25, 0.3) is 0 Å². The molecule has 1 aliphatic heterocycles. The Balaban J connectivity index is 1.80. The summed E-state index contributed by atoms with van der Waals surface area (Å²) in [5, 5.41) is 3.41. The zero-order valence-electron chi connectivity index (χ0n) is 21.7. The Morgan fingerprint density at radius 3 is 2.39 bits per heavy atom. The van der Waals surface area contributed by atoms with Gasteiger partial charge in [-0.2, -0.15) is 17.5 Å². The molecule has 1 aromatic carbocycles. The highest BCUT2D eigenvalue weighted by Crippen LogP contribution is 2.38. The SMILES string of the molecule is CC(C)CCN[C@@H](CC(C)C)C(=O)N1CCCC(N(C2CC2)S(=O)(=O)c2cccc(C(F)(F)F)c2)C1. The summed E-state index contributed by atoms with van der Waals surface area (Å²) in [6.07, 6.45) is -0.406. The highest BCUT2D eigenvalue weighted by molar-refractivity contribution is 7.89. The fraction of sp³-hybridized carbons (Fsp3) is 0.731. The van der Waals surface area contributed by atoms with E-state index in [0.29, 0.717) is 56.6 Å². The van der Waals surface area contributed by atoms with Crippen LogP contribution >= 0.6 is 0 Å². The molecule has 0 radical (unpaired) electrons. The quantitative estimate of drug-likeness (QED) is 0.441. The third kappa shape index (κ3) is 7.44. The zero-order chi connectivity index (χ0) is 26.7. The molecule has 1 N–H and O–H groups in total. The number of nitrogens with zero attached hydrogens (tertiary/aromatic N) is 2. The van der Waals surface area contributed by atoms with Crippen molar-refractivity contribution in [1.29, 1.82) is 0 Å². The van der Waals surface area contributed by atoms with Crippen LogP contribution in [0.15, 0.2) is 29.2 Å². The molecule has 1 saturated carbocycles. The summed E-state index contributed by atoms with van der Waals surface area (Å²) in [6, 6.07) is 2.93. The first-order chi connectivity index (χ1) is 16.8. The van der Waals surface area contributed by atoms with Gasteiger partial charge in [0.15, 0.2) is 0 Å². The number of alkyl halides is 3. The Labute approximate surface area is 213 Å². The van der Waals surface area contributed by atoms with Crippen molar-refractivity contribution < 1.29 is 26.4 Å². The van der Waals surface area contributed by atoms with Crippen LogP contribution in [0.3, 0.4) is 0 Å². The normalized spacial score (nSPS) is 20.4. The number of carbonyl (C=O) groups excluding carboxylic acids is 1. The molecule has 6 nitrogen and oxygen atoms in total. The summed E-state index contributed by atoms with van der Waals surface area (Å²) < 4.78 is 68.4. The van der Waals surface area contributed by atoms with Crippen molar-refractivity contribution in [3.05, 3.63) is 29.8 Å². The van der Waals surface area contributed by atoms with Crippen LogP contribution in [0.1, 0.15) is 71.8 Å². The predicted molar refractivity (Wildman–Crippen MR) is 134 cm³/mol. The highest BCUT2D eigenvalue weighted by Gasteiger charge is 2.45. The lowest BCUT2D eigenvalue weighted by atomic mass is 9.99. The van der Waals surface area contributed by atoms with Gasteiger partial charge in [0.05, 0.1) is 16.5 Å². The van der Waals surface area contributed by atoms with E-state index in [-0.39, 0.29) is 29.4 Å². The number of piperidine rings is 1. The van der Waals surface area contributed by atoms with Crippen LogP contribution < -0.4 is 5.32 Å². The van der Waals surface area contributed by atoms with Gasteiger partial charge in [0.1, 0.15) is 0 Å². The lowest BCUT2D eigenvalue weighted by molar-refractivity contribution is -0.138. The monoisotopic (exact) mass is 531 g/mol. The van der Waals surface area contributed by atoms with E-state index in [1.807, 2.05) is 0 Å². The molecule has 3 rings (SSSR count). The minimum atomic E-state index is -4.63. The minimum Gasteiger partial charge on any atom is -0.340 e. The number of rotatable bonds is 11. The van der Waals surface area contributed by atoms with E-state index in [9.17, 15) is 26.4 Å². The molecule has 0 aromatic heterocycles. The maximum absolute atomic E-state index is 13.6. The summed E-state index contributed by atoms with van der Waals surface area (Å²) in [5.74, 6) is 0.805. The molecule has 1 aromatic rings. The molecule has 2 atom stereocenters. The van der Waals surface area contributed by atoms with Crippen molar-refractivity contribution in [2.24, 2.45) is 11.8 Å². The maximum atomic E-state index is 13.6. The van der Waals surface area contributed by atoms with Crippen LogP contribution in [0.4, 0.5) is 13.2 Å². The van der Waals surface area contributed by atoms with Crippen LogP contribution in [-0.2, 0) is 21.0 Å². The Bertz CT molecular complexity index is 994. The summed E-state index contributed by atoms with van der Waals surface area (Å²) in [4.78, 5) is 14.9. The maximum Gasteiger partial charge on any atom is 0.416 e. The number of hydrogen-bond acceptors (Lipinski definition) is 4. The number of hydrogen-bond donors (Lipinski definition) is 1. The predicted octanol–water partition coefficient (Wildman–Crippen LogP) is 4.90. The number of likely N-dealkylation sites (tertiary alicyclic amines) is 1. The third-order valence-electron chi connectivity index (χ3n) is 6.83. The summed E-state index contributed by atoms with van der Waals surface area (Å²) in [6.45, 7) is 9.95. The third-order valence-corrected chi connectivity index (χ3v) is 8.83. The molecule has 1 aliphatic carbocycles. The summed E-state index contributed by atoms with van der Waals surface area (Å²) in [5.41, 5.74) is -0.983. The molecule has 0 bridgehead atoms. The second-order valence-corrected chi connectivity index (χ2v) is 12.8. The van der Waals surface area contributed by atoms with Crippen molar-refractivity contribution in [2.45, 2.75) is 95.4 Å². The Morgan fingerprint density at radius 1 is 1.11 bits per heavy atom. The first kappa shape index (κ1) is 28.9. The van der Waals surface area contributed by atoms with Crippen molar-refractivity contribution in [2.75, 3.05) is 19.6 Å². The van der Waals surface area contributed by atoms with Crippen LogP contribution in [0, 0.1) is 11.8 Å². The van der Waals surface area contributed by atoms with Crippen molar-refractivity contribution in [3.8, 4) is 0 Å². The van der Waals surface area contributed by atoms with Gasteiger partial charge in [0.25, 0.3) is 0 Å². The molecule has 1 amide bonds. The van der Waals surface area contributed by atoms with Crippen LogP contribution in [-0.4, -0.2) is 61.3 Å². The van der Waals surface area contributed by atoms with E-state index in [1.54, 1.807) is 4.90 Å². The number of halogens is 3. The summed E-state index contributed by atoms with van der Waals surface area (Å²) >= 11 is 0. The lowest BCUT2D eigenvalue weighted by Crippen LogP contribution is -2.56. The topological polar surface area (TPSA) is 69.7 Å². The van der Waals surface area contributed by atoms with Gasteiger partial charge in [0.2, 0.25) is 15.9 Å². The van der Waals surface area contributed by atoms with Gasteiger partial charge >= 0.3 is 6.18 Å². The standard InChI is InChI=1S/C26H40F3N3O3S/c1-18(2)12-13-30-24(15-19(3)4)25(33)31-14-6-8-22(17-31)32(21-10-11-21)36(34,35)23-9-5-7-20(16-23)26(27,28)29/h5,7,9,16,18-19,21-22,24,30H,6,8,10-15,17H2,1-4H3/t22?,24-/m0/s1. The van der Waals surface area contributed by atoms with Gasteiger partial charge in [0, 0.05) is 25.2 Å². The second-order valence-electron chi connectivity index (χ2n) is 11.0. The van der Waals surface area contributed by atoms with Gasteiger partial charge in [-0.25, -0.2) is 8.42 Å². The number of nitrogens with one attached hydrogen (secondary N) is 1. The molecular weight excluding hydrogens is 491 g/mol. The highest BCUT2D eigenvalue weighted by atomic mass is 32.2. The molecule has 1 unspecified atom stereocenters. The molecule has 10 heteroatoms. The Morgan fingerprint density at radius 2 is 1.81 bits per heavy atom. The Kier molecular flexibility index (Phi) is 9.49. The first-order valence-corrected chi connectivity index (χ1v) is 14.5. The molecular formula is C26H40F3N3O3S. The average molecular weight is 532 g/mol. The number of carbonyl (C=O) groups is 1. The first-order valence-electron chi connectivity index (χ1n) is 13.0. The van der Waals surface area contributed by atoms with Gasteiger partial charge in [-0.3, -0.25) is 4.79 Å². The molecule has 2 fully saturated rings. The average Bonchev–Trinajstić information content (AvgIpc) is 3.62. The van der Waals surface area contributed by atoms with Crippen molar-refractivity contribution in [3.63, 3.8) is 0 Å². The lowest BCUT2D eigenvalue weighted by Gasteiger charge is -2.40. The minimum absolute atomic E-state index is 0.0237. The van der Waals surface area contributed by atoms with E-state index in [4.69, 9.17) is 0 Å². The van der Waals surface area contributed by atoms with Gasteiger partial charge in [-0.1, -0.05) is 33.8 Å². The molecule has 204 valence electrons. The molecule has 36 heavy (non-hydrogen) atoms. The zero-order valence-corrected chi connectivity index (χ0v) is 22.5. The van der Waals surface area contributed by atoms with E-state index in [0.717, 1.165) is 25.1 Å². The molecule has 1 heterocycles. The van der Waals surface area contributed by atoms with Crippen molar-refractivity contribution in [1.82, 2.24) is 14.5 Å². The number of benzene rings is 1. The van der Waals surface area contributed by atoms with Crippen LogP contribution in [0.5, 0.6) is 0 Å².